The second kappa shape index (κ2) is 7.42. The number of carbonyl (C=O) groups is 1. The molecule has 3 rings (SSSR count). The van der Waals surface area contributed by atoms with E-state index in [0.29, 0.717) is 12.6 Å². The summed E-state index contributed by atoms with van der Waals surface area (Å²) in [6.07, 6.45) is 9.10. The Morgan fingerprint density at radius 2 is 2.16 bits per heavy atom. The average Bonchev–Trinajstić information content (AvgIpc) is 3.38. The maximum Gasteiger partial charge on any atom is 0.247 e. The molecule has 0 bridgehead atoms. The van der Waals surface area contributed by atoms with Gasteiger partial charge in [-0.25, -0.2) is 0 Å². The number of carbonyl (C=O) groups excluding carboxylic acids is 1. The third-order valence-electron chi connectivity index (χ3n) is 4.24. The van der Waals surface area contributed by atoms with E-state index in [0.717, 1.165) is 35.5 Å². The normalized spacial score (nSPS) is 13.9. The third-order valence-corrected chi connectivity index (χ3v) is 4.24. The highest BCUT2D eigenvalue weighted by atomic mass is 16.5. The summed E-state index contributed by atoms with van der Waals surface area (Å²) in [5.41, 5.74) is 1.85. The fraction of sp³-hybridized carbons (Fsp3) is 0.368. The molecule has 0 saturated heterocycles. The van der Waals surface area contributed by atoms with Crippen LogP contribution < -0.4 is 9.47 Å². The second-order valence-corrected chi connectivity index (χ2v) is 6.16. The van der Waals surface area contributed by atoms with E-state index in [1.54, 1.807) is 37.3 Å². The predicted molar refractivity (Wildman–Crippen MR) is 95.4 cm³/mol. The molecular weight excluding hydrogens is 318 g/mol. The van der Waals surface area contributed by atoms with Gasteiger partial charge in [0, 0.05) is 36.5 Å². The van der Waals surface area contributed by atoms with Crippen LogP contribution in [0.15, 0.2) is 36.7 Å². The number of aromatic nitrogens is 2. The van der Waals surface area contributed by atoms with E-state index in [2.05, 4.69) is 5.10 Å². The van der Waals surface area contributed by atoms with Crippen molar-refractivity contribution in [1.29, 1.82) is 0 Å². The van der Waals surface area contributed by atoms with Crippen molar-refractivity contribution in [2.24, 2.45) is 7.05 Å². The van der Waals surface area contributed by atoms with E-state index in [1.807, 2.05) is 36.3 Å². The standard InChI is InChI=1S/C19H23N3O3/c1-21-12-14(11-20-21)4-9-19(23)22(16-5-6-16)13-15-10-17(24-2)7-8-18(15)25-3/h4,7-12,16H,5-6,13H2,1-3H3/b9-4+. The summed E-state index contributed by atoms with van der Waals surface area (Å²) in [6.45, 7) is 0.501. The molecule has 0 unspecified atom stereocenters. The molecule has 0 radical (unpaired) electrons. The minimum absolute atomic E-state index is 0.00349. The maximum atomic E-state index is 12.7. The molecule has 0 N–H and O–H groups in total. The molecule has 6 nitrogen and oxygen atoms in total. The van der Waals surface area contributed by atoms with E-state index in [4.69, 9.17) is 9.47 Å². The van der Waals surface area contributed by atoms with Gasteiger partial charge in [-0.3, -0.25) is 9.48 Å². The van der Waals surface area contributed by atoms with Crippen molar-refractivity contribution < 1.29 is 14.3 Å². The predicted octanol–water partition coefficient (Wildman–Crippen LogP) is 2.64. The number of ether oxygens (including phenoxy) is 2. The summed E-state index contributed by atoms with van der Waals surface area (Å²) < 4.78 is 12.4. The molecule has 1 heterocycles. The van der Waals surface area contributed by atoms with E-state index in [9.17, 15) is 4.79 Å². The Balaban J connectivity index is 1.77. The lowest BCUT2D eigenvalue weighted by atomic mass is 10.1. The van der Waals surface area contributed by atoms with Crippen molar-refractivity contribution in [1.82, 2.24) is 14.7 Å². The Bertz CT molecular complexity index is 778. The van der Waals surface area contributed by atoms with Gasteiger partial charge in [0.15, 0.2) is 0 Å². The van der Waals surface area contributed by atoms with Gasteiger partial charge < -0.3 is 14.4 Å². The highest BCUT2D eigenvalue weighted by Crippen LogP contribution is 2.32. The van der Waals surface area contributed by atoms with Crippen molar-refractivity contribution in [3.8, 4) is 11.5 Å². The fourth-order valence-corrected chi connectivity index (χ4v) is 2.75. The van der Waals surface area contributed by atoms with Crippen LogP contribution in [0.4, 0.5) is 0 Å². The van der Waals surface area contributed by atoms with Gasteiger partial charge in [0.2, 0.25) is 5.91 Å². The van der Waals surface area contributed by atoms with Gasteiger partial charge in [-0.05, 0) is 37.1 Å². The lowest BCUT2D eigenvalue weighted by Gasteiger charge is -2.22. The topological polar surface area (TPSA) is 56.6 Å². The summed E-state index contributed by atoms with van der Waals surface area (Å²) >= 11 is 0. The van der Waals surface area contributed by atoms with Gasteiger partial charge in [0.05, 0.1) is 27.0 Å². The fourth-order valence-electron chi connectivity index (χ4n) is 2.75. The summed E-state index contributed by atoms with van der Waals surface area (Å²) in [6, 6.07) is 5.94. The smallest absolute Gasteiger partial charge is 0.247 e. The molecule has 1 amide bonds. The van der Waals surface area contributed by atoms with E-state index in [-0.39, 0.29) is 5.91 Å². The van der Waals surface area contributed by atoms with Crippen molar-refractivity contribution in [3.05, 3.63) is 47.8 Å². The Morgan fingerprint density at radius 1 is 1.36 bits per heavy atom. The first-order valence-electron chi connectivity index (χ1n) is 8.29. The monoisotopic (exact) mass is 341 g/mol. The number of hydrogen-bond acceptors (Lipinski definition) is 4. The molecule has 1 aliphatic carbocycles. The van der Waals surface area contributed by atoms with Gasteiger partial charge in [-0.2, -0.15) is 5.10 Å². The zero-order valence-electron chi connectivity index (χ0n) is 14.8. The first-order chi connectivity index (χ1) is 12.1. The van der Waals surface area contributed by atoms with Crippen LogP contribution in [0.25, 0.3) is 6.08 Å². The first-order valence-corrected chi connectivity index (χ1v) is 8.29. The number of rotatable bonds is 7. The molecule has 6 heteroatoms. The molecule has 1 aromatic carbocycles. The molecule has 25 heavy (non-hydrogen) atoms. The minimum atomic E-state index is -0.00349. The van der Waals surface area contributed by atoms with Crippen LogP contribution in [0, 0.1) is 0 Å². The summed E-state index contributed by atoms with van der Waals surface area (Å²) in [5, 5.41) is 4.11. The summed E-state index contributed by atoms with van der Waals surface area (Å²) in [5.74, 6) is 1.51. The SMILES string of the molecule is COc1ccc(OC)c(CN(C(=O)/C=C/c2cnn(C)c2)C2CC2)c1. The summed E-state index contributed by atoms with van der Waals surface area (Å²) in [4.78, 5) is 14.6. The number of benzene rings is 1. The zero-order chi connectivity index (χ0) is 17.8. The summed E-state index contributed by atoms with van der Waals surface area (Å²) in [7, 11) is 5.12. The van der Waals surface area contributed by atoms with E-state index in [1.165, 1.54) is 0 Å². The Hall–Kier alpha value is -2.76. The van der Waals surface area contributed by atoms with Crippen LogP contribution >= 0.6 is 0 Å². The molecular formula is C19H23N3O3. The van der Waals surface area contributed by atoms with Crippen LogP contribution in [0.2, 0.25) is 0 Å². The van der Waals surface area contributed by atoms with Gasteiger partial charge in [-0.1, -0.05) is 0 Å². The molecule has 2 aromatic rings. The van der Waals surface area contributed by atoms with Crippen molar-refractivity contribution in [2.75, 3.05) is 14.2 Å². The lowest BCUT2D eigenvalue weighted by molar-refractivity contribution is -0.127. The van der Waals surface area contributed by atoms with Crippen molar-refractivity contribution >= 4 is 12.0 Å². The maximum absolute atomic E-state index is 12.7. The van der Waals surface area contributed by atoms with Crippen LogP contribution in [0.3, 0.4) is 0 Å². The second-order valence-electron chi connectivity index (χ2n) is 6.16. The van der Waals surface area contributed by atoms with Crippen LogP contribution in [0.5, 0.6) is 11.5 Å². The molecule has 132 valence electrons. The van der Waals surface area contributed by atoms with Gasteiger partial charge in [-0.15, -0.1) is 0 Å². The zero-order valence-corrected chi connectivity index (χ0v) is 14.8. The highest BCUT2D eigenvalue weighted by Gasteiger charge is 2.32. The van der Waals surface area contributed by atoms with Crippen LogP contribution in [-0.2, 0) is 18.4 Å². The van der Waals surface area contributed by atoms with Crippen LogP contribution in [-0.4, -0.2) is 40.8 Å². The largest absolute Gasteiger partial charge is 0.497 e. The number of aryl methyl sites for hydroxylation is 1. The highest BCUT2D eigenvalue weighted by molar-refractivity contribution is 5.92. The van der Waals surface area contributed by atoms with Crippen molar-refractivity contribution in [3.63, 3.8) is 0 Å². The Kier molecular flexibility index (Phi) is 5.07. The molecule has 1 aliphatic rings. The van der Waals surface area contributed by atoms with Crippen LogP contribution in [0.1, 0.15) is 24.0 Å². The molecule has 1 fully saturated rings. The number of hydrogen-bond donors (Lipinski definition) is 0. The first kappa shape index (κ1) is 17.1. The lowest BCUT2D eigenvalue weighted by Crippen LogP contribution is -2.31. The van der Waals surface area contributed by atoms with E-state index >= 15 is 0 Å². The Morgan fingerprint density at radius 3 is 2.76 bits per heavy atom. The van der Waals surface area contributed by atoms with Crippen molar-refractivity contribution in [2.45, 2.75) is 25.4 Å². The van der Waals surface area contributed by atoms with Gasteiger partial charge in [0.25, 0.3) is 0 Å². The Labute approximate surface area is 147 Å². The third kappa shape index (κ3) is 4.21. The molecule has 1 saturated carbocycles. The number of amides is 1. The van der Waals surface area contributed by atoms with E-state index < -0.39 is 0 Å². The average molecular weight is 341 g/mol. The molecule has 0 atom stereocenters. The minimum Gasteiger partial charge on any atom is -0.497 e. The molecule has 0 aliphatic heterocycles. The number of nitrogens with zero attached hydrogens (tertiary/aromatic N) is 3. The molecule has 1 aromatic heterocycles. The number of methoxy groups -OCH3 is 2. The molecule has 0 spiro atoms. The van der Waals surface area contributed by atoms with Gasteiger partial charge >= 0.3 is 0 Å². The van der Waals surface area contributed by atoms with Gasteiger partial charge in [0.1, 0.15) is 11.5 Å². The quantitative estimate of drug-likeness (QED) is 0.727.